The fourth-order valence-electron chi connectivity index (χ4n) is 0.952. The van der Waals surface area contributed by atoms with Crippen LogP contribution in [0, 0.1) is 11.7 Å². The number of nitrogens with one attached hydrogen (secondary N) is 1. The number of H-pyrrole nitrogens is 1. The maximum atomic E-state index is 4.98. The van der Waals surface area contributed by atoms with Gasteiger partial charge in [0, 0.05) is 7.05 Å². The van der Waals surface area contributed by atoms with E-state index in [0.29, 0.717) is 4.77 Å². The third kappa shape index (κ3) is 1.40. The molecule has 2 rings (SSSR count). The molecule has 2 aromatic rings. The first-order chi connectivity index (χ1) is 6.18. The van der Waals surface area contributed by atoms with E-state index in [9.17, 15) is 0 Å². The zero-order valence-electron chi connectivity index (χ0n) is 7.11. The van der Waals surface area contributed by atoms with Gasteiger partial charge in [-0.05, 0) is 30.7 Å². The van der Waals surface area contributed by atoms with Crippen molar-refractivity contribution in [2.24, 2.45) is 7.05 Å². The predicted octanol–water partition coefficient (Wildman–Crippen LogP) is 1.30. The molecule has 0 spiro atoms. The summed E-state index contributed by atoms with van der Waals surface area (Å²) in [5, 5.41) is 6.92. The van der Waals surface area contributed by atoms with E-state index in [4.69, 9.17) is 12.2 Å². The average Bonchev–Trinajstić information content (AvgIpc) is 2.60. The minimum absolute atomic E-state index is 0.530. The number of aromatic nitrogens is 5. The highest BCUT2D eigenvalue weighted by atomic mass is 32.1. The Morgan fingerprint density at radius 3 is 2.77 bits per heavy atom. The molecule has 0 aliphatic rings. The van der Waals surface area contributed by atoms with Gasteiger partial charge in [0.1, 0.15) is 4.88 Å². The fourth-order valence-corrected chi connectivity index (χ4v) is 1.68. The number of hydrogen-bond acceptors (Lipinski definition) is 5. The summed E-state index contributed by atoms with van der Waals surface area (Å²) < 4.78 is 6.04. The zero-order chi connectivity index (χ0) is 9.42. The molecule has 2 aromatic heterocycles. The van der Waals surface area contributed by atoms with Crippen LogP contribution in [-0.4, -0.2) is 24.4 Å². The van der Waals surface area contributed by atoms with Crippen LogP contribution in [0.2, 0.25) is 0 Å². The van der Waals surface area contributed by atoms with Crippen molar-refractivity contribution in [2.45, 2.75) is 6.92 Å². The van der Waals surface area contributed by atoms with Crippen molar-refractivity contribution in [3.63, 3.8) is 0 Å². The molecular weight excluding hydrogens is 206 g/mol. The van der Waals surface area contributed by atoms with E-state index in [1.807, 2.05) is 14.0 Å². The molecular formula is C6H7N5S2. The maximum absolute atomic E-state index is 4.98. The molecule has 13 heavy (non-hydrogen) atoms. The fraction of sp³-hybridized carbons (Fsp3) is 0.333. The number of rotatable bonds is 1. The van der Waals surface area contributed by atoms with Crippen LogP contribution in [-0.2, 0) is 7.05 Å². The molecule has 0 unspecified atom stereocenters. The van der Waals surface area contributed by atoms with Crippen LogP contribution < -0.4 is 0 Å². The maximum Gasteiger partial charge on any atom is 0.216 e. The predicted molar refractivity (Wildman–Crippen MR) is 52.0 cm³/mol. The second-order valence-corrected chi connectivity index (χ2v) is 3.72. The summed E-state index contributed by atoms with van der Waals surface area (Å²) in [5.41, 5.74) is 0.870. The first-order valence-corrected chi connectivity index (χ1v) is 4.79. The standard InChI is InChI=1S/C6H7N5S2/c1-3-4(13-10-8-3)5-7-6(12)11(2)9-5/h1-2H3,(H,7,9,12). The quantitative estimate of drug-likeness (QED) is 0.725. The van der Waals surface area contributed by atoms with Crippen molar-refractivity contribution in [3.8, 4) is 10.7 Å². The third-order valence-electron chi connectivity index (χ3n) is 1.63. The number of nitrogens with zero attached hydrogens (tertiary/aromatic N) is 4. The molecule has 1 N–H and O–H groups in total. The van der Waals surface area contributed by atoms with Gasteiger partial charge >= 0.3 is 0 Å². The van der Waals surface area contributed by atoms with Gasteiger partial charge in [0.2, 0.25) is 4.77 Å². The molecule has 5 nitrogen and oxygen atoms in total. The highest BCUT2D eigenvalue weighted by Crippen LogP contribution is 2.21. The van der Waals surface area contributed by atoms with Crippen LogP contribution in [0.15, 0.2) is 0 Å². The van der Waals surface area contributed by atoms with Crippen molar-refractivity contribution < 1.29 is 0 Å². The van der Waals surface area contributed by atoms with Gasteiger partial charge in [0.05, 0.1) is 5.69 Å². The summed E-state index contributed by atoms with van der Waals surface area (Å²) in [6.45, 7) is 1.89. The second-order valence-electron chi connectivity index (χ2n) is 2.60. The van der Waals surface area contributed by atoms with Crippen LogP contribution in [0.3, 0.4) is 0 Å². The van der Waals surface area contributed by atoms with Gasteiger partial charge in [0.15, 0.2) is 5.82 Å². The van der Waals surface area contributed by atoms with E-state index in [1.165, 1.54) is 11.5 Å². The smallest absolute Gasteiger partial charge is 0.216 e. The Morgan fingerprint density at radius 2 is 2.31 bits per heavy atom. The summed E-state index contributed by atoms with van der Waals surface area (Å²) in [5.74, 6) is 0.736. The summed E-state index contributed by atoms with van der Waals surface area (Å²) >= 11 is 6.29. The normalized spacial score (nSPS) is 10.6. The van der Waals surface area contributed by atoms with Crippen LogP contribution in [0.1, 0.15) is 5.69 Å². The minimum atomic E-state index is 0.530. The largest absolute Gasteiger partial charge is 0.279 e. The van der Waals surface area contributed by atoms with E-state index >= 15 is 0 Å². The highest BCUT2D eigenvalue weighted by Gasteiger charge is 2.09. The van der Waals surface area contributed by atoms with Crippen LogP contribution in [0.4, 0.5) is 0 Å². The van der Waals surface area contributed by atoms with Crippen molar-refractivity contribution in [3.05, 3.63) is 10.5 Å². The molecule has 0 saturated carbocycles. The molecule has 0 fully saturated rings. The molecule has 2 heterocycles. The van der Waals surface area contributed by atoms with Crippen molar-refractivity contribution in [1.82, 2.24) is 24.4 Å². The van der Waals surface area contributed by atoms with Gasteiger partial charge in [-0.15, -0.1) is 5.10 Å². The first kappa shape index (κ1) is 8.52. The SMILES string of the molecule is Cc1nnsc1-c1nc(=S)n(C)[nH]1. The molecule has 0 saturated heterocycles. The molecule has 0 aromatic carbocycles. The first-order valence-electron chi connectivity index (χ1n) is 3.61. The highest BCUT2D eigenvalue weighted by molar-refractivity contribution is 7.71. The molecule has 7 heteroatoms. The molecule has 0 amide bonds. The number of aryl methyl sites for hydroxylation is 2. The zero-order valence-corrected chi connectivity index (χ0v) is 8.74. The lowest BCUT2D eigenvalue weighted by Crippen LogP contribution is -1.89. The number of aromatic amines is 1. The van der Waals surface area contributed by atoms with E-state index in [0.717, 1.165) is 16.4 Å². The monoisotopic (exact) mass is 213 g/mol. The van der Waals surface area contributed by atoms with Gasteiger partial charge in [-0.2, -0.15) is 4.98 Å². The van der Waals surface area contributed by atoms with E-state index < -0.39 is 0 Å². The Bertz CT molecular complexity index is 479. The molecule has 0 radical (unpaired) electrons. The van der Waals surface area contributed by atoms with Gasteiger partial charge in [-0.25, -0.2) is 0 Å². The van der Waals surface area contributed by atoms with Gasteiger partial charge < -0.3 is 0 Å². The topological polar surface area (TPSA) is 59.4 Å². The Balaban J connectivity index is 2.59. The lowest BCUT2D eigenvalue weighted by Gasteiger charge is -1.89. The van der Waals surface area contributed by atoms with E-state index in [1.54, 1.807) is 4.68 Å². The minimum Gasteiger partial charge on any atom is -0.279 e. The Hall–Kier alpha value is -1.08. The Morgan fingerprint density at radius 1 is 1.54 bits per heavy atom. The third-order valence-corrected chi connectivity index (χ3v) is 2.83. The molecule has 0 bridgehead atoms. The van der Waals surface area contributed by atoms with Crippen LogP contribution in [0.5, 0.6) is 0 Å². The van der Waals surface area contributed by atoms with Crippen LogP contribution in [0.25, 0.3) is 10.7 Å². The molecule has 68 valence electrons. The lowest BCUT2D eigenvalue weighted by molar-refractivity contribution is 0.756. The Labute approximate surface area is 83.6 Å². The van der Waals surface area contributed by atoms with Gasteiger partial charge in [-0.1, -0.05) is 4.49 Å². The molecule has 0 aliphatic heterocycles. The van der Waals surface area contributed by atoms with E-state index in [-0.39, 0.29) is 0 Å². The summed E-state index contributed by atoms with van der Waals surface area (Å²) in [6, 6.07) is 0. The second kappa shape index (κ2) is 3.00. The Kier molecular flexibility index (Phi) is 1.97. The van der Waals surface area contributed by atoms with Crippen LogP contribution >= 0.6 is 23.8 Å². The average molecular weight is 213 g/mol. The van der Waals surface area contributed by atoms with Crippen molar-refractivity contribution in [1.29, 1.82) is 0 Å². The lowest BCUT2D eigenvalue weighted by atomic mass is 10.4. The summed E-state index contributed by atoms with van der Waals surface area (Å²) in [6.07, 6.45) is 0. The number of hydrogen-bond donors (Lipinski definition) is 1. The summed E-state index contributed by atoms with van der Waals surface area (Å²) in [4.78, 5) is 5.10. The van der Waals surface area contributed by atoms with Gasteiger partial charge in [0.25, 0.3) is 0 Å². The molecule has 0 atom stereocenters. The summed E-state index contributed by atoms with van der Waals surface area (Å²) in [7, 11) is 1.82. The van der Waals surface area contributed by atoms with Gasteiger partial charge in [-0.3, -0.25) is 9.78 Å². The van der Waals surface area contributed by atoms with Crippen molar-refractivity contribution in [2.75, 3.05) is 0 Å². The molecule has 0 aliphatic carbocycles. The van der Waals surface area contributed by atoms with Crippen molar-refractivity contribution >= 4 is 23.8 Å². The van der Waals surface area contributed by atoms with E-state index in [2.05, 4.69) is 19.7 Å².